The van der Waals surface area contributed by atoms with Gasteiger partial charge in [0.25, 0.3) is 5.91 Å². The Morgan fingerprint density at radius 2 is 1.56 bits per heavy atom. The molecule has 0 aliphatic heterocycles. The molecule has 0 saturated carbocycles. The number of carbonyl (C=O) groups is 1. The quantitative estimate of drug-likeness (QED) is 0.358. The molecular weight excluding hydrogens is 422 g/mol. The number of fused-ring (bicyclic) bond motifs is 1. The van der Waals surface area contributed by atoms with Crippen molar-refractivity contribution in [2.24, 2.45) is 0 Å². The van der Waals surface area contributed by atoms with Gasteiger partial charge in [-0.1, -0.05) is 47.5 Å². The van der Waals surface area contributed by atoms with Crippen molar-refractivity contribution in [3.05, 3.63) is 88.4 Å². The average Bonchev–Trinajstić information content (AvgIpc) is 2.80. The number of ether oxygens (including phenoxy) is 2. The predicted molar refractivity (Wildman–Crippen MR) is 131 cm³/mol. The lowest BCUT2D eigenvalue weighted by atomic mass is 9.94. The van der Waals surface area contributed by atoms with E-state index in [1.54, 1.807) is 20.3 Å². The van der Waals surface area contributed by atoms with E-state index < -0.39 is 0 Å². The van der Waals surface area contributed by atoms with Gasteiger partial charge in [-0.2, -0.15) is 0 Å². The van der Waals surface area contributed by atoms with Gasteiger partial charge in [-0.05, 0) is 77.7 Å². The van der Waals surface area contributed by atoms with E-state index in [4.69, 9.17) is 21.1 Å². The van der Waals surface area contributed by atoms with Gasteiger partial charge in [-0.15, -0.1) is 0 Å². The first-order chi connectivity index (χ1) is 15.4. The first-order valence-corrected chi connectivity index (χ1v) is 10.6. The van der Waals surface area contributed by atoms with Crippen LogP contribution in [-0.4, -0.2) is 20.1 Å². The van der Waals surface area contributed by atoms with Crippen LogP contribution in [-0.2, 0) is 0 Å². The average molecular weight is 446 g/mol. The van der Waals surface area contributed by atoms with E-state index in [0.717, 1.165) is 27.5 Å². The molecule has 0 atom stereocenters. The first kappa shape index (κ1) is 21.7. The van der Waals surface area contributed by atoms with Gasteiger partial charge in [0, 0.05) is 16.3 Å². The molecule has 1 amide bonds. The number of aryl methyl sites for hydroxylation is 1. The van der Waals surface area contributed by atoms with Crippen molar-refractivity contribution in [2.45, 2.75) is 13.8 Å². The Morgan fingerprint density at radius 3 is 2.25 bits per heavy atom. The summed E-state index contributed by atoms with van der Waals surface area (Å²) in [5.74, 6) is 1.04. The second-order valence-electron chi connectivity index (χ2n) is 7.68. The molecule has 4 aromatic carbocycles. The van der Waals surface area contributed by atoms with Crippen LogP contribution in [0.3, 0.4) is 0 Å². The van der Waals surface area contributed by atoms with E-state index in [-0.39, 0.29) is 5.91 Å². The number of hydrogen-bond donors (Lipinski definition) is 1. The highest BCUT2D eigenvalue weighted by Gasteiger charge is 2.16. The molecule has 4 rings (SSSR count). The molecule has 32 heavy (non-hydrogen) atoms. The third-order valence-electron chi connectivity index (χ3n) is 5.60. The summed E-state index contributed by atoms with van der Waals surface area (Å²) in [4.78, 5) is 13.2. The summed E-state index contributed by atoms with van der Waals surface area (Å²) in [6, 6.07) is 21.3. The largest absolute Gasteiger partial charge is 0.493 e. The first-order valence-electron chi connectivity index (χ1n) is 10.2. The highest BCUT2D eigenvalue weighted by atomic mass is 35.5. The zero-order valence-electron chi connectivity index (χ0n) is 18.5. The second kappa shape index (κ2) is 8.93. The lowest BCUT2D eigenvalue weighted by molar-refractivity contribution is 0.102. The smallest absolute Gasteiger partial charge is 0.255 e. The number of halogens is 1. The van der Waals surface area contributed by atoms with Gasteiger partial charge in [0.2, 0.25) is 0 Å². The van der Waals surface area contributed by atoms with Crippen molar-refractivity contribution < 1.29 is 14.3 Å². The molecule has 0 aliphatic rings. The van der Waals surface area contributed by atoms with Crippen LogP contribution in [0, 0.1) is 13.8 Å². The predicted octanol–water partition coefficient (Wildman–Crippen LogP) is 7.05. The number of hydrogen-bond acceptors (Lipinski definition) is 3. The lowest BCUT2D eigenvalue weighted by Crippen LogP contribution is -2.13. The van der Waals surface area contributed by atoms with Gasteiger partial charge in [0.1, 0.15) is 0 Å². The van der Waals surface area contributed by atoms with E-state index in [1.165, 1.54) is 5.56 Å². The molecule has 0 unspecified atom stereocenters. The minimum atomic E-state index is -0.208. The lowest BCUT2D eigenvalue weighted by Gasteiger charge is -2.15. The molecule has 0 bridgehead atoms. The molecule has 4 nitrogen and oxygen atoms in total. The SMILES string of the molecule is COc1cc2cc(C(=O)Nc3cccc(Cl)c3C)cc(-c3ccc(C)cc3)c2cc1OC. The highest BCUT2D eigenvalue weighted by molar-refractivity contribution is 6.31. The molecule has 0 aromatic heterocycles. The molecule has 162 valence electrons. The van der Waals surface area contributed by atoms with Crippen LogP contribution in [0.4, 0.5) is 5.69 Å². The summed E-state index contributed by atoms with van der Waals surface area (Å²) in [5.41, 5.74) is 5.18. The van der Waals surface area contributed by atoms with Crippen LogP contribution in [0.5, 0.6) is 11.5 Å². The van der Waals surface area contributed by atoms with E-state index in [2.05, 4.69) is 29.6 Å². The molecule has 0 fully saturated rings. The van der Waals surface area contributed by atoms with Gasteiger partial charge in [-0.3, -0.25) is 4.79 Å². The Bertz CT molecular complexity index is 1310. The van der Waals surface area contributed by atoms with Crippen molar-refractivity contribution in [1.82, 2.24) is 0 Å². The van der Waals surface area contributed by atoms with Crippen LogP contribution in [0.15, 0.2) is 66.7 Å². The van der Waals surface area contributed by atoms with Gasteiger partial charge in [0.05, 0.1) is 14.2 Å². The van der Waals surface area contributed by atoms with Crippen LogP contribution in [0.2, 0.25) is 5.02 Å². The minimum absolute atomic E-state index is 0.208. The van der Waals surface area contributed by atoms with E-state index in [1.807, 2.05) is 50.2 Å². The normalized spacial score (nSPS) is 10.8. The molecular formula is C27H24ClNO3. The summed E-state index contributed by atoms with van der Waals surface area (Å²) in [6.45, 7) is 3.93. The molecule has 4 aromatic rings. The maximum atomic E-state index is 13.2. The van der Waals surface area contributed by atoms with E-state index >= 15 is 0 Å². The fourth-order valence-electron chi connectivity index (χ4n) is 3.73. The maximum absolute atomic E-state index is 13.2. The number of benzene rings is 4. The Balaban J connectivity index is 1.88. The van der Waals surface area contributed by atoms with Crippen molar-refractivity contribution in [3.8, 4) is 22.6 Å². The van der Waals surface area contributed by atoms with Crippen LogP contribution >= 0.6 is 11.6 Å². The van der Waals surface area contributed by atoms with Gasteiger partial charge in [-0.25, -0.2) is 0 Å². The molecule has 0 aliphatic carbocycles. The molecule has 0 heterocycles. The van der Waals surface area contributed by atoms with E-state index in [9.17, 15) is 4.79 Å². The van der Waals surface area contributed by atoms with Crippen molar-refractivity contribution in [2.75, 3.05) is 19.5 Å². The highest BCUT2D eigenvalue weighted by Crippen LogP contribution is 2.38. The Morgan fingerprint density at radius 1 is 0.875 bits per heavy atom. The maximum Gasteiger partial charge on any atom is 0.255 e. The zero-order chi connectivity index (χ0) is 22.8. The third-order valence-corrected chi connectivity index (χ3v) is 6.01. The number of rotatable bonds is 5. The fraction of sp³-hybridized carbons (Fsp3) is 0.148. The monoisotopic (exact) mass is 445 g/mol. The number of carbonyl (C=O) groups excluding carboxylic acids is 1. The third kappa shape index (κ3) is 4.14. The number of nitrogens with one attached hydrogen (secondary N) is 1. The van der Waals surface area contributed by atoms with Crippen molar-refractivity contribution in [1.29, 1.82) is 0 Å². The Hall–Kier alpha value is -3.50. The summed E-state index contributed by atoms with van der Waals surface area (Å²) >= 11 is 6.22. The zero-order valence-corrected chi connectivity index (χ0v) is 19.2. The van der Waals surface area contributed by atoms with Gasteiger partial charge in [0.15, 0.2) is 11.5 Å². The standard InChI is InChI=1S/C27H24ClNO3/c1-16-8-10-18(11-9-16)21-13-20(27(30)29-24-7-5-6-23(28)17(24)2)12-19-14-25(31-3)26(32-4)15-22(19)21/h5-15H,1-4H3,(H,29,30). The molecule has 0 saturated heterocycles. The number of anilines is 1. The van der Waals surface area contributed by atoms with Gasteiger partial charge < -0.3 is 14.8 Å². The Kier molecular flexibility index (Phi) is 6.06. The van der Waals surface area contributed by atoms with Crippen LogP contribution in [0.1, 0.15) is 21.5 Å². The summed E-state index contributed by atoms with van der Waals surface area (Å²) in [5, 5.41) is 5.46. The van der Waals surface area contributed by atoms with Crippen LogP contribution in [0.25, 0.3) is 21.9 Å². The van der Waals surface area contributed by atoms with E-state index in [0.29, 0.717) is 27.8 Å². The van der Waals surface area contributed by atoms with Crippen molar-refractivity contribution >= 4 is 34.0 Å². The van der Waals surface area contributed by atoms with Crippen molar-refractivity contribution in [3.63, 3.8) is 0 Å². The summed E-state index contributed by atoms with van der Waals surface area (Å²) < 4.78 is 11.0. The summed E-state index contributed by atoms with van der Waals surface area (Å²) in [6.07, 6.45) is 0. The fourth-order valence-corrected chi connectivity index (χ4v) is 3.90. The van der Waals surface area contributed by atoms with Gasteiger partial charge >= 0.3 is 0 Å². The topological polar surface area (TPSA) is 47.6 Å². The molecule has 1 N–H and O–H groups in total. The molecule has 5 heteroatoms. The number of amides is 1. The summed E-state index contributed by atoms with van der Waals surface area (Å²) in [7, 11) is 3.22. The Labute approximate surface area is 192 Å². The second-order valence-corrected chi connectivity index (χ2v) is 8.09. The van der Waals surface area contributed by atoms with Crippen LogP contribution < -0.4 is 14.8 Å². The molecule has 0 radical (unpaired) electrons. The minimum Gasteiger partial charge on any atom is -0.493 e. The number of methoxy groups -OCH3 is 2. The molecule has 0 spiro atoms.